The molecule has 1 saturated heterocycles. The molecule has 2 amide bonds. The maximum atomic E-state index is 13.1. The van der Waals surface area contributed by atoms with E-state index in [2.05, 4.69) is 20.9 Å². The van der Waals surface area contributed by atoms with Crippen LogP contribution in [0.5, 0.6) is 11.5 Å². The lowest BCUT2D eigenvalue weighted by atomic mass is 10.00. The Morgan fingerprint density at radius 2 is 1.75 bits per heavy atom. The molecule has 0 radical (unpaired) electrons. The molecule has 2 aliphatic rings. The molecule has 0 saturated carbocycles. The van der Waals surface area contributed by atoms with Gasteiger partial charge < -0.3 is 30.5 Å². The lowest BCUT2D eigenvalue weighted by molar-refractivity contribution is -0.130. The van der Waals surface area contributed by atoms with Crippen LogP contribution in [0, 0.1) is 5.92 Å². The average molecular weight is 631 g/mol. The van der Waals surface area contributed by atoms with Gasteiger partial charge in [0.1, 0.15) is 6.04 Å². The zero-order chi connectivity index (χ0) is 31.7. The molecule has 2 aliphatic heterocycles. The summed E-state index contributed by atoms with van der Waals surface area (Å²) in [6.07, 6.45) is 3.45. The van der Waals surface area contributed by atoms with Crippen molar-refractivity contribution in [1.29, 1.82) is 0 Å². The molecule has 0 spiro atoms. The molecule has 242 valence electrons. The van der Waals surface area contributed by atoms with Gasteiger partial charge in [0.05, 0.1) is 22.8 Å². The van der Waals surface area contributed by atoms with Crippen LogP contribution in [0.1, 0.15) is 58.1 Å². The summed E-state index contributed by atoms with van der Waals surface area (Å²) in [7, 11) is -3.82. The highest BCUT2D eigenvalue weighted by atomic mass is 32.2. The number of ether oxygens (including phenoxy) is 2. The van der Waals surface area contributed by atoms with E-state index >= 15 is 0 Å². The third-order valence-corrected chi connectivity index (χ3v) is 9.91. The van der Waals surface area contributed by atoms with Gasteiger partial charge in [0.15, 0.2) is 21.3 Å². The van der Waals surface area contributed by atoms with Gasteiger partial charge >= 0.3 is 0 Å². The molecule has 0 bridgehead atoms. The molecule has 2 aromatic rings. The van der Waals surface area contributed by atoms with Gasteiger partial charge in [-0.1, -0.05) is 44.2 Å². The molecule has 4 rings (SSSR count). The SMILES string of the molecule is CC(C)[C@H](NC(=O)CN1CCCC1)C(=O)NCCC[C@H](NC[C@@](C)(O)CS(=O)(=O)c1ccc2c(c1)OCO2)c1ccccc1. The van der Waals surface area contributed by atoms with Gasteiger partial charge in [-0.25, -0.2) is 8.42 Å². The van der Waals surface area contributed by atoms with E-state index in [0.717, 1.165) is 31.5 Å². The largest absolute Gasteiger partial charge is 0.454 e. The molecule has 0 aliphatic carbocycles. The second kappa shape index (κ2) is 15.2. The van der Waals surface area contributed by atoms with E-state index in [1.54, 1.807) is 6.07 Å². The van der Waals surface area contributed by atoms with Crippen LogP contribution in [-0.2, 0) is 19.4 Å². The van der Waals surface area contributed by atoms with E-state index in [4.69, 9.17) is 9.47 Å². The Kier molecular flexibility index (Phi) is 11.6. The minimum absolute atomic E-state index is 0.0289. The van der Waals surface area contributed by atoms with Crippen molar-refractivity contribution in [3.63, 3.8) is 0 Å². The van der Waals surface area contributed by atoms with Crippen LogP contribution < -0.4 is 25.4 Å². The molecule has 0 unspecified atom stereocenters. The predicted molar refractivity (Wildman–Crippen MR) is 167 cm³/mol. The summed E-state index contributed by atoms with van der Waals surface area (Å²) in [6, 6.07) is 13.3. The number of amides is 2. The van der Waals surface area contributed by atoms with Crippen molar-refractivity contribution < 1.29 is 32.6 Å². The van der Waals surface area contributed by atoms with Crippen LogP contribution in [0.4, 0.5) is 0 Å². The Bertz CT molecular complexity index is 1360. The molecular formula is C32H46N4O7S. The summed E-state index contributed by atoms with van der Waals surface area (Å²) >= 11 is 0. The lowest BCUT2D eigenvalue weighted by Gasteiger charge is -2.28. The topological polar surface area (TPSA) is 146 Å². The Balaban J connectivity index is 1.29. The van der Waals surface area contributed by atoms with Gasteiger partial charge in [0.2, 0.25) is 18.6 Å². The van der Waals surface area contributed by atoms with Gasteiger partial charge in [-0.2, -0.15) is 0 Å². The normalized spacial score (nSPS) is 17.7. The van der Waals surface area contributed by atoms with Gasteiger partial charge in [-0.15, -0.1) is 0 Å². The number of fused-ring (bicyclic) bond motifs is 1. The number of nitrogens with zero attached hydrogens (tertiary/aromatic N) is 1. The van der Waals surface area contributed by atoms with E-state index in [0.29, 0.717) is 37.4 Å². The number of carbonyl (C=O) groups excluding carboxylic acids is 2. The number of carbonyl (C=O) groups is 2. The lowest BCUT2D eigenvalue weighted by Crippen LogP contribution is -2.52. The Morgan fingerprint density at radius 1 is 1.05 bits per heavy atom. The second-order valence-electron chi connectivity index (χ2n) is 12.3. The fourth-order valence-corrected chi connectivity index (χ4v) is 7.20. The van der Waals surface area contributed by atoms with Crippen molar-refractivity contribution in [2.45, 2.75) is 69.0 Å². The molecule has 3 atom stereocenters. The van der Waals surface area contributed by atoms with Crippen molar-refractivity contribution in [1.82, 2.24) is 20.9 Å². The number of likely N-dealkylation sites (tertiary alicyclic amines) is 1. The van der Waals surface area contributed by atoms with Crippen LogP contribution in [0.15, 0.2) is 53.4 Å². The first-order chi connectivity index (χ1) is 20.9. The summed E-state index contributed by atoms with van der Waals surface area (Å²) in [5.41, 5.74) is -0.573. The van der Waals surface area contributed by atoms with Gasteiger partial charge in [-0.05, 0) is 69.3 Å². The number of hydrogen-bond donors (Lipinski definition) is 4. The minimum Gasteiger partial charge on any atom is -0.454 e. The van der Waals surface area contributed by atoms with Crippen molar-refractivity contribution in [3.8, 4) is 11.5 Å². The fourth-order valence-electron chi connectivity index (χ4n) is 5.55. The first-order valence-corrected chi connectivity index (χ1v) is 17.0. The molecular weight excluding hydrogens is 584 g/mol. The first kappa shape index (κ1) is 33.7. The van der Waals surface area contributed by atoms with E-state index in [1.165, 1.54) is 19.1 Å². The summed E-state index contributed by atoms with van der Waals surface area (Å²) < 4.78 is 36.9. The molecule has 44 heavy (non-hydrogen) atoms. The highest BCUT2D eigenvalue weighted by Crippen LogP contribution is 2.34. The smallest absolute Gasteiger partial charge is 0.242 e. The number of nitrogens with one attached hydrogen (secondary N) is 3. The highest BCUT2D eigenvalue weighted by molar-refractivity contribution is 7.91. The highest BCUT2D eigenvalue weighted by Gasteiger charge is 2.32. The third kappa shape index (κ3) is 9.65. The molecule has 4 N–H and O–H groups in total. The molecule has 12 heteroatoms. The summed E-state index contributed by atoms with van der Waals surface area (Å²) in [4.78, 5) is 27.7. The van der Waals surface area contributed by atoms with Gasteiger partial charge in [0.25, 0.3) is 0 Å². The second-order valence-corrected chi connectivity index (χ2v) is 14.3. The van der Waals surface area contributed by atoms with Crippen molar-refractivity contribution in [2.24, 2.45) is 5.92 Å². The Labute approximate surface area is 260 Å². The fraction of sp³-hybridized carbons (Fsp3) is 0.562. The van der Waals surface area contributed by atoms with Crippen molar-refractivity contribution in [2.75, 3.05) is 45.3 Å². The maximum Gasteiger partial charge on any atom is 0.242 e. The summed E-state index contributed by atoms with van der Waals surface area (Å²) in [5.74, 6) is -0.0418. The molecule has 1 fully saturated rings. The summed E-state index contributed by atoms with van der Waals surface area (Å²) in [6.45, 7) is 7.92. The van der Waals surface area contributed by atoms with E-state index in [1.807, 2.05) is 44.2 Å². The van der Waals surface area contributed by atoms with E-state index in [9.17, 15) is 23.1 Å². The van der Waals surface area contributed by atoms with Crippen LogP contribution in [-0.4, -0.2) is 87.2 Å². The van der Waals surface area contributed by atoms with Crippen LogP contribution in [0.25, 0.3) is 0 Å². The predicted octanol–water partition coefficient (Wildman–Crippen LogP) is 2.40. The number of rotatable bonds is 16. The molecule has 11 nitrogen and oxygen atoms in total. The zero-order valence-electron chi connectivity index (χ0n) is 25.9. The molecule has 0 aromatic heterocycles. The maximum absolute atomic E-state index is 13.1. The monoisotopic (exact) mass is 630 g/mol. The van der Waals surface area contributed by atoms with Crippen molar-refractivity contribution >= 4 is 21.7 Å². The molecule has 2 aromatic carbocycles. The zero-order valence-corrected chi connectivity index (χ0v) is 26.7. The van der Waals surface area contributed by atoms with Crippen LogP contribution >= 0.6 is 0 Å². The van der Waals surface area contributed by atoms with Crippen LogP contribution in [0.2, 0.25) is 0 Å². The van der Waals surface area contributed by atoms with Gasteiger partial charge in [-0.3, -0.25) is 14.5 Å². The Morgan fingerprint density at radius 3 is 2.45 bits per heavy atom. The van der Waals surface area contributed by atoms with E-state index < -0.39 is 27.2 Å². The van der Waals surface area contributed by atoms with Crippen LogP contribution in [0.3, 0.4) is 0 Å². The van der Waals surface area contributed by atoms with Crippen molar-refractivity contribution in [3.05, 3.63) is 54.1 Å². The number of benzene rings is 2. The van der Waals surface area contributed by atoms with E-state index in [-0.39, 0.29) is 42.0 Å². The number of hydrogen-bond acceptors (Lipinski definition) is 9. The first-order valence-electron chi connectivity index (χ1n) is 15.4. The quantitative estimate of drug-likeness (QED) is 0.205. The minimum atomic E-state index is -3.82. The average Bonchev–Trinajstić information content (AvgIpc) is 3.67. The number of sulfone groups is 1. The van der Waals surface area contributed by atoms with Gasteiger partial charge in [0, 0.05) is 25.2 Å². The Hall–Kier alpha value is -3.19. The third-order valence-electron chi connectivity index (χ3n) is 7.94. The number of aliphatic hydroxyl groups is 1. The summed E-state index contributed by atoms with van der Waals surface area (Å²) in [5, 5.41) is 20.3. The standard InChI is InChI=1S/C32H46N4O7S/c1-23(2)30(35-29(37)19-36-16-7-8-17-36)31(38)33-15-9-12-26(24-10-5-4-6-11-24)34-20-32(3,39)21-44(40,41)25-13-14-27-28(18-25)43-22-42-27/h4-6,10-11,13-14,18,23,26,30,34,39H,7-9,12,15-17,19-22H2,1-3H3,(H,33,38)(H,35,37)/t26-,30-,32+/m0/s1. The molecule has 2 heterocycles.